The van der Waals surface area contributed by atoms with Crippen molar-refractivity contribution in [2.45, 2.75) is 45.3 Å². The highest BCUT2D eigenvalue weighted by atomic mass is 79.9. The second kappa shape index (κ2) is 6.59. The monoisotopic (exact) mass is 339 g/mol. The van der Waals surface area contributed by atoms with Crippen LogP contribution in [0.2, 0.25) is 0 Å². The molecule has 1 amide bonds. The first-order chi connectivity index (χ1) is 9.47. The van der Waals surface area contributed by atoms with Gasteiger partial charge in [0, 0.05) is 28.8 Å². The predicted octanol–water partition coefficient (Wildman–Crippen LogP) is 2.40. The van der Waals surface area contributed by atoms with Crippen LogP contribution in [0, 0.1) is 0 Å². The van der Waals surface area contributed by atoms with Gasteiger partial charge in [0.2, 0.25) is 5.91 Å². The van der Waals surface area contributed by atoms with Crippen molar-refractivity contribution >= 4 is 27.5 Å². The highest BCUT2D eigenvalue weighted by Crippen LogP contribution is 2.27. The summed E-state index contributed by atoms with van der Waals surface area (Å²) in [6.07, 6.45) is 2.52. The van der Waals surface area contributed by atoms with Crippen molar-refractivity contribution in [3.63, 3.8) is 0 Å². The van der Waals surface area contributed by atoms with Crippen LogP contribution in [-0.2, 0) is 11.3 Å². The van der Waals surface area contributed by atoms with Crippen LogP contribution in [0.5, 0.6) is 0 Å². The van der Waals surface area contributed by atoms with Gasteiger partial charge in [-0.1, -0.05) is 15.9 Å². The minimum atomic E-state index is -0.303. The largest absolute Gasteiger partial charge is 0.368 e. The molecule has 1 fully saturated rings. The molecule has 0 saturated heterocycles. The number of benzene rings is 1. The number of carbonyl (C=O) groups excluding carboxylic acids is 1. The fourth-order valence-corrected chi connectivity index (χ4v) is 2.64. The van der Waals surface area contributed by atoms with E-state index in [0.717, 1.165) is 16.7 Å². The van der Waals surface area contributed by atoms with Gasteiger partial charge in [-0.25, -0.2) is 0 Å². The summed E-state index contributed by atoms with van der Waals surface area (Å²) in [7, 11) is 0. The summed E-state index contributed by atoms with van der Waals surface area (Å²) in [5.74, 6) is -0.303. The van der Waals surface area contributed by atoms with E-state index in [4.69, 9.17) is 5.73 Å². The fraction of sp³-hybridized carbons (Fsp3) is 0.533. The lowest BCUT2D eigenvalue weighted by Crippen LogP contribution is -2.39. The van der Waals surface area contributed by atoms with E-state index in [9.17, 15) is 4.79 Å². The number of halogens is 1. The van der Waals surface area contributed by atoms with Crippen LogP contribution < -0.4 is 16.0 Å². The van der Waals surface area contributed by atoms with E-state index in [-0.39, 0.29) is 18.5 Å². The van der Waals surface area contributed by atoms with Crippen molar-refractivity contribution in [2.75, 3.05) is 11.4 Å². The fourth-order valence-electron chi connectivity index (χ4n) is 2.23. The zero-order valence-electron chi connectivity index (χ0n) is 12.0. The van der Waals surface area contributed by atoms with Crippen molar-refractivity contribution in [1.29, 1.82) is 0 Å². The van der Waals surface area contributed by atoms with E-state index < -0.39 is 0 Å². The van der Waals surface area contributed by atoms with Crippen LogP contribution in [0.15, 0.2) is 22.7 Å². The number of rotatable bonds is 7. The van der Waals surface area contributed by atoms with Gasteiger partial charge < -0.3 is 16.0 Å². The minimum Gasteiger partial charge on any atom is -0.368 e. The molecule has 0 radical (unpaired) electrons. The average molecular weight is 340 g/mol. The van der Waals surface area contributed by atoms with Crippen LogP contribution >= 0.6 is 15.9 Å². The molecular weight excluding hydrogens is 318 g/mol. The second-order valence-electron chi connectivity index (χ2n) is 5.62. The highest BCUT2D eigenvalue weighted by molar-refractivity contribution is 9.10. The molecule has 3 N–H and O–H groups in total. The molecule has 0 unspecified atom stereocenters. The molecule has 1 saturated carbocycles. The number of amides is 1. The van der Waals surface area contributed by atoms with Gasteiger partial charge in [-0.3, -0.25) is 4.79 Å². The summed E-state index contributed by atoms with van der Waals surface area (Å²) in [6, 6.07) is 7.05. The Bertz CT molecular complexity index is 486. The Hall–Kier alpha value is -1.07. The van der Waals surface area contributed by atoms with Gasteiger partial charge >= 0.3 is 0 Å². The summed E-state index contributed by atoms with van der Waals surface area (Å²) in [5, 5.41) is 3.52. The molecule has 1 aliphatic rings. The number of anilines is 1. The highest BCUT2D eigenvalue weighted by Gasteiger charge is 2.22. The van der Waals surface area contributed by atoms with Crippen LogP contribution in [-0.4, -0.2) is 24.5 Å². The van der Waals surface area contributed by atoms with E-state index in [2.05, 4.69) is 52.1 Å². The van der Waals surface area contributed by atoms with Crippen molar-refractivity contribution in [2.24, 2.45) is 5.73 Å². The number of carbonyl (C=O) groups is 1. The lowest BCUT2D eigenvalue weighted by atomic mass is 10.1. The van der Waals surface area contributed by atoms with Gasteiger partial charge in [-0.2, -0.15) is 0 Å². The van der Waals surface area contributed by atoms with Crippen LogP contribution in [0.4, 0.5) is 5.69 Å². The summed E-state index contributed by atoms with van der Waals surface area (Å²) >= 11 is 3.52. The topological polar surface area (TPSA) is 58.4 Å². The Morgan fingerprint density at radius 2 is 2.20 bits per heavy atom. The summed E-state index contributed by atoms with van der Waals surface area (Å²) in [4.78, 5) is 13.4. The van der Waals surface area contributed by atoms with Gasteiger partial charge in [-0.05, 0) is 50.5 Å². The lowest BCUT2D eigenvalue weighted by Gasteiger charge is -2.30. The minimum absolute atomic E-state index is 0.225. The van der Waals surface area contributed by atoms with Crippen molar-refractivity contribution in [3.05, 3.63) is 28.2 Å². The Labute approximate surface area is 128 Å². The molecule has 1 aromatic rings. The third-order valence-electron chi connectivity index (χ3n) is 3.46. The predicted molar refractivity (Wildman–Crippen MR) is 85.7 cm³/mol. The molecule has 5 heteroatoms. The SMILES string of the molecule is CC(C)N(CC(N)=O)c1ccc(Br)cc1CNC1CC1. The second-order valence-corrected chi connectivity index (χ2v) is 6.53. The molecule has 0 aliphatic heterocycles. The summed E-state index contributed by atoms with van der Waals surface area (Å²) < 4.78 is 1.05. The van der Waals surface area contributed by atoms with Crippen LogP contribution in [0.3, 0.4) is 0 Å². The zero-order chi connectivity index (χ0) is 14.7. The van der Waals surface area contributed by atoms with E-state index in [1.165, 1.54) is 18.4 Å². The van der Waals surface area contributed by atoms with Gasteiger partial charge in [0.15, 0.2) is 0 Å². The molecule has 0 aromatic heterocycles. The average Bonchev–Trinajstić information content (AvgIpc) is 3.17. The van der Waals surface area contributed by atoms with Gasteiger partial charge in [0.1, 0.15) is 0 Å². The molecule has 0 bridgehead atoms. The van der Waals surface area contributed by atoms with Crippen molar-refractivity contribution < 1.29 is 4.79 Å². The van der Waals surface area contributed by atoms with Gasteiger partial charge in [0.05, 0.1) is 6.54 Å². The third-order valence-corrected chi connectivity index (χ3v) is 3.95. The number of hydrogen-bond donors (Lipinski definition) is 2. The summed E-state index contributed by atoms with van der Waals surface area (Å²) in [6.45, 7) is 5.21. The molecular formula is C15H22BrN3O. The van der Waals surface area contributed by atoms with Crippen molar-refractivity contribution in [1.82, 2.24) is 5.32 Å². The molecule has 0 spiro atoms. The number of primary amides is 1. The Balaban J connectivity index is 2.23. The molecule has 1 aromatic carbocycles. The number of nitrogens with two attached hydrogens (primary N) is 1. The first-order valence-electron chi connectivity index (χ1n) is 7.04. The lowest BCUT2D eigenvalue weighted by molar-refractivity contribution is -0.116. The van der Waals surface area contributed by atoms with Crippen molar-refractivity contribution in [3.8, 4) is 0 Å². The van der Waals surface area contributed by atoms with Crippen LogP contribution in [0.1, 0.15) is 32.3 Å². The number of hydrogen-bond acceptors (Lipinski definition) is 3. The number of nitrogens with one attached hydrogen (secondary N) is 1. The molecule has 1 aliphatic carbocycles. The van der Waals surface area contributed by atoms with E-state index in [1.807, 2.05) is 6.07 Å². The molecule has 0 atom stereocenters. The normalized spacial score (nSPS) is 14.6. The first kappa shape index (κ1) is 15.3. The third kappa shape index (κ3) is 4.21. The summed E-state index contributed by atoms with van der Waals surface area (Å²) in [5.41, 5.74) is 7.65. The quantitative estimate of drug-likeness (QED) is 0.801. The first-order valence-corrected chi connectivity index (χ1v) is 7.83. The zero-order valence-corrected chi connectivity index (χ0v) is 13.6. The maximum absolute atomic E-state index is 11.3. The van der Waals surface area contributed by atoms with E-state index >= 15 is 0 Å². The maximum atomic E-state index is 11.3. The standard InChI is InChI=1S/C15H22BrN3O/c1-10(2)19(9-15(17)20)14-6-3-12(16)7-11(14)8-18-13-4-5-13/h3,6-7,10,13,18H,4-5,8-9H2,1-2H3,(H2,17,20). The molecule has 2 rings (SSSR count). The van der Waals surface area contributed by atoms with Gasteiger partial charge in [-0.15, -0.1) is 0 Å². The Kier molecular flexibility index (Phi) is 5.05. The maximum Gasteiger partial charge on any atom is 0.236 e. The smallest absolute Gasteiger partial charge is 0.236 e. The van der Waals surface area contributed by atoms with E-state index in [1.54, 1.807) is 0 Å². The van der Waals surface area contributed by atoms with Gasteiger partial charge in [0.25, 0.3) is 0 Å². The van der Waals surface area contributed by atoms with Crippen LogP contribution in [0.25, 0.3) is 0 Å². The molecule has 110 valence electrons. The molecule has 20 heavy (non-hydrogen) atoms. The molecule has 0 heterocycles. The Morgan fingerprint density at radius 3 is 2.75 bits per heavy atom. The Morgan fingerprint density at radius 1 is 1.50 bits per heavy atom. The number of nitrogens with zero attached hydrogens (tertiary/aromatic N) is 1. The van der Waals surface area contributed by atoms with E-state index in [0.29, 0.717) is 6.04 Å². The molecule has 4 nitrogen and oxygen atoms in total.